The van der Waals surface area contributed by atoms with E-state index in [0.717, 1.165) is 10.6 Å². The van der Waals surface area contributed by atoms with Gasteiger partial charge in [0.05, 0.1) is 0 Å². The average Bonchev–Trinajstić information content (AvgIpc) is 2.39. The van der Waals surface area contributed by atoms with Crippen molar-refractivity contribution in [1.82, 2.24) is 4.72 Å². The average molecular weight is 258 g/mol. The number of anilines is 1. The van der Waals surface area contributed by atoms with Gasteiger partial charge in [0.1, 0.15) is 0 Å². The van der Waals surface area contributed by atoms with Gasteiger partial charge >= 0.3 is 6.03 Å². The van der Waals surface area contributed by atoms with Crippen LogP contribution in [0.15, 0.2) is 59.5 Å². The molecule has 0 aromatic heterocycles. The number of amides is 2. The smallest absolute Gasteiger partial charge is 0.307 e. The number of hydrogen-bond donors (Lipinski definition) is 2. The Morgan fingerprint density at radius 1 is 1.00 bits per heavy atom. The van der Waals surface area contributed by atoms with Crippen molar-refractivity contribution in [2.24, 2.45) is 0 Å². The number of carbonyl (C=O) groups is 1. The highest BCUT2D eigenvalue weighted by molar-refractivity contribution is 7.98. The van der Waals surface area contributed by atoms with Crippen LogP contribution in [-0.2, 0) is 0 Å². The van der Waals surface area contributed by atoms with Gasteiger partial charge in [0.25, 0.3) is 0 Å². The number of benzene rings is 2. The molecule has 2 aromatic carbocycles. The number of aryl methyl sites for hydroxylation is 1. The molecular weight excluding hydrogens is 244 g/mol. The summed E-state index contributed by atoms with van der Waals surface area (Å²) in [4.78, 5) is 12.6. The van der Waals surface area contributed by atoms with Crippen molar-refractivity contribution < 1.29 is 4.79 Å². The summed E-state index contributed by atoms with van der Waals surface area (Å²) < 4.78 is 2.73. The van der Waals surface area contributed by atoms with E-state index in [4.69, 9.17) is 0 Å². The number of urea groups is 1. The van der Waals surface area contributed by atoms with Gasteiger partial charge < -0.3 is 5.32 Å². The fourth-order valence-electron chi connectivity index (χ4n) is 1.39. The van der Waals surface area contributed by atoms with Gasteiger partial charge in [-0.25, -0.2) is 4.79 Å². The van der Waals surface area contributed by atoms with Gasteiger partial charge in [-0.2, -0.15) is 0 Å². The minimum Gasteiger partial charge on any atom is -0.307 e. The predicted molar refractivity (Wildman–Crippen MR) is 75.6 cm³/mol. The van der Waals surface area contributed by atoms with Gasteiger partial charge in [-0.05, 0) is 43.1 Å². The van der Waals surface area contributed by atoms with Crippen molar-refractivity contribution in [3.05, 3.63) is 60.2 Å². The molecule has 92 valence electrons. The van der Waals surface area contributed by atoms with Crippen molar-refractivity contribution in [2.45, 2.75) is 11.8 Å². The van der Waals surface area contributed by atoms with Gasteiger partial charge in [0.2, 0.25) is 0 Å². The Labute approximate surface area is 111 Å². The molecule has 2 N–H and O–H groups in total. The Morgan fingerprint density at radius 3 is 2.33 bits per heavy atom. The summed E-state index contributed by atoms with van der Waals surface area (Å²) in [5, 5.41) is 2.75. The van der Waals surface area contributed by atoms with Crippen molar-refractivity contribution in [3.8, 4) is 0 Å². The second-order valence-electron chi connectivity index (χ2n) is 3.84. The monoisotopic (exact) mass is 258 g/mol. The van der Waals surface area contributed by atoms with Gasteiger partial charge in [-0.3, -0.25) is 4.72 Å². The third-order valence-corrected chi connectivity index (χ3v) is 3.11. The van der Waals surface area contributed by atoms with E-state index in [1.54, 1.807) is 0 Å². The van der Waals surface area contributed by atoms with Crippen molar-refractivity contribution in [2.75, 3.05) is 5.32 Å². The van der Waals surface area contributed by atoms with E-state index in [0.29, 0.717) is 0 Å². The van der Waals surface area contributed by atoms with Crippen LogP contribution in [0.25, 0.3) is 0 Å². The van der Waals surface area contributed by atoms with Crippen LogP contribution in [0.1, 0.15) is 5.56 Å². The first-order valence-corrected chi connectivity index (χ1v) is 6.41. The second-order valence-corrected chi connectivity index (χ2v) is 4.72. The summed E-state index contributed by atoms with van der Waals surface area (Å²) in [5.41, 5.74) is 1.98. The normalized spacial score (nSPS) is 9.83. The maximum absolute atomic E-state index is 11.6. The summed E-state index contributed by atoms with van der Waals surface area (Å²) in [6, 6.07) is 17.1. The zero-order valence-corrected chi connectivity index (χ0v) is 10.8. The van der Waals surface area contributed by atoms with E-state index in [2.05, 4.69) is 10.0 Å². The molecule has 0 aliphatic heterocycles. The van der Waals surface area contributed by atoms with Crippen LogP contribution in [0.3, 0.4) is 0 Å². The molecular formula is C14H14N2OS. The van der Waals surface area contributed by atoms with Crippen molar-refractivity contribution in [3.63, 3.8) is 0 Å². The zero-order chi connectivity index (χ0) is 12.8. The SMILES string of the molecule is Cc1ccc(SNC(=O)Nc2ccccc2)cc1. The summed E-state index contributed by atoms with van der Waals surface area (Å²) in [6.45, 7) is 2.03. The predicted octanol–water partition coefficient (Wildman–Crippen LogP) is 3.82. The van der Waals surface area contributed by atoms with Crippen LogP contribution in [0, 0.1) is 6.92 Å². The van der Waals surface area contributed by atoms with Crippen LogP contribution >= 0.6 is 11.9 Å². The highest BCUT2D eigenvalue weighted by Crippen LogP contribution is 2.15. The molecule has 0 atom stereocenters. The molecule has 0 fully saturated rings. The Hall–Kier alpha value is -1.94. The van der Waals surface area contributed by atoms with Crippen LogP contribution in [0.5, 0.6) is 0 Å². The standard InChI is InChI=1S/C14H14N2OS/c1-11-7-9-13(10-8-11)18-16-14(17)15-12-5-3-2-4-6-12/h2-10H,1H3,(H2,15,16,17). The molecule has 2 amide bonds. The van der Waals surface area contributed by atoms with E-state index in [1.807, 2.05) is 61.5 Å². The number of hydrogen-bond acceptors (Lipinski definition) is 2. The molecule has 0 aliphatic rings. The number of para-hydroxylation sites is 1. The quantitative estimate of drug-likeness (QED) is 0.822. The lowest BCUT2D eigenvalue weighted by Gasteiger charge is -2.06. The van der Waals surface area contributed by atoms with Crippen molar-refractivity contribution in [1.29, 1.82) is 0 Å². The van der Waals surface area contributed by atoms with Crippen molar-refractivity contribution >= 4 is 23.7 Å². The first-order valence-electron chi connectivity index (χ1n) is 5.59. The third kappa shape index (κ3) is 3.82. The van der Waals surface area contributed by atoms with E-state index >= 15 is 0 Å². The van der Waals surface area contributed by atoms with Gasteiger partial charge in [0.15, 0.2) is 0 Å². The molecule has 2 rings (SSSR count). The van der Waals surface area contributed by atoms with E-state index in [1.165, 1.54) is 17.5 Å². The minimum absolute atomic E-state index is 0.230. The Balaban J connectivity index is 1.83. The largest absolute Gasteiger partial charge is 0.329 e. The lowest BCUT2D eigenvalue weighted by Crippen LogP contribution is -2.22. The molecule has 3 nitrogen and oxygen atoms in total. The van der Waals surface area contributed by atoms with E-state index < -0.39 is 0 Å². The molecule has 0 unspecified atom stereocenters. The van der Waals surface area contributed by atoms with E-state index in [9.17, 15) is 4.79 Å². The summed E-state index contributed by atoms with van der Waals surface area (Å²) in [6.07, 6.45) is 0. The lowest BCUT2D eigenvalue weighted by molar-refractivity contribution is 0.257. The summed E-state index contributed by atoms with van der Waals surface area (Å²) >= 11 is 1.29. The Kier molecular flexibility index (Phi) is 4.25. The highest BCUT2D eigenvalue weighted by Gasteiger charge is 2.01. The first kappa shape index (κ1) is 12.5. The van der Waals surface area contributed by atoms with Gasteiger partial charge in [-0.15, -0.1) is 0 Å². The summed E-state index contributed by atoms with van der Waals surface area (Å²) in [7, 11) is 0. The fraction of sp³-hybridized carbons (Fsp3) is 0.0714. The Morgan fingerprint density at radius 2 is 1.67 bits per heavy atom. The molecule has 0 aliphatic carbocycles. The van der Waals surface area contributed by atoms with Gasteiger partial charge in [0, 0.05) is 10.6 Å². The maximum Gasteiger partial charge on any atom is 0.329 e. The van der Waals surface area contributed by atoms with E-state index in [-0.39, 0.29) is 6.03 Å². The first-order chi connectivity index (χ1) is 8.74. The summed E-state index contributed by atoms with van der Waals surface area (Å²) in [5.74, 6) is 0. The topological polar surface area (TPSA) is 41.1 Å². The second kappa shape index (κ2) is 6.12. The van der Waals surface area contributed by atoms with Crippen LogP contribution in [-0.4, -0.2) is 6.03 Å². The number of nitrogens with one attached hydrogen (secondary N) is 2. The zero-order valence-electron chi connectivity index (χ0n) is 10.0. The molecule has 18 heavy (non-hydrogen) atoms. The van der Waals surface area contributed by atoms with Gasteiger partial charge in [-0.1, -0.05) is 35.9 Å². The highest BCUT2D eigenvalue weighted by atomic mass is 32.2. The van der Waals surface area contributed by atoms with Crippen LogP contribution in [0.2, 0.25) is 0 Å². The Bertz CT molecular complexity index is 511. The number of carbonyl (C=O) groups excluding carboxylic acids is 1. The lowest BCUT2D eigenvalue weighted by atomic mass is 10.2. The maximum atomic E-state index is 11.6. The molecule has 0 radical (unpaired) electrons. The molecule has 0 saturated carbocycles. The number of rotatable bonds is 3. The minimum atomic E-state index is -0.230. The molecule has 0 bridgehead atoms. The molecule has 4 heteroatoms. The van der Waals surface area contributed by atoms with Crippen LogP contribution in [0.4, 0.5) is 10.5 Å². The molecule has 2 aromatic rings. The fourth-order valence-corrected chi connectivity index (χ4v) is 1.92. The van der Waals surface area contributed by atoms with Crippen LogP contribution < -0.4 is 10.0 Å². The third-order valence-electron chi connectivity index (χ3n) is 2.31. The molecule has 0 heterocycles. The molecule has 0 saturated heterocycles. The molecule has 0 spiro atoms.